The smallest absolute Gasteiger partial charge is 0.407 e. The molecule has 1 aliphatic rings. The Labute approximate surface area is 89.4 Å². The number of aliphatic hydroxyl groups is 2. The van der Waals surface area contributed by atoms with Crippen LogP contribution in [0.4, 0.5) is 4.79 Å². The molecule has 5 heteroatoms. The van der Waals surface area contributed by atoms with Gasteiger partial charge in [-0.05, 0) is 33.6 Å². The van der Waals surface area contributed by atoms with E-state index in [1.807, 2.05) is 0 Å². The van der Waals surface area contributed by atoms with E-state index < -0.39 is 23.9 Å². The highest BCUT2D eigenvalue weighted by Gasteiger charge is 2.33. The molecule has 88 valence electrons. The molecule has 0 radical (unpaired) electrons. The Morgan fingerprint density at radius 3 is 2.13 bits per heavy atom. The first-order valence-corrected chi connectivity index (χ1v) is 5.13. The summed E-state index contributed by atoms with van der Waals surface area (Å²) in [4.78, 5) is 11.3. The molecule has 0 aliphatic heterocycles. The van der Waals surface area contributed by atoms with Gasteiger partial charge in [-0.1, -0.05) is 0 Å². The molecular formula is C10H19NO4. The molecule has 0 aromatic carbocycles. The summed E-state index contributed by atoms with van der Waals surface area (Å²) in [5.74, 6) is 0. The van der Waals surface area contributed by atoms with E-state index in [0.717, 1.165) is 0 Å². The number of hydrogen-bond acceptors (Lipinski definition) is 4. The molecule has 3 N–H and O–H groups in total. The van der Waals surface area contributed by atoms with E-state index in [4.69, 9.17) is 4.74 Å². The largest absolute Gasteiger partial charge is 0.444 e. The predicted molar refractivity (Wildman–Crippen MR) is 54.4 cm³/mol. The van der Waals surface area contributed by atoms with Gasteiger partial charge in [-0.15, -0.1) is 0 Å². The first kappa shape index (κ1) is 12.3. The Morgan fingerprint density at radius 1 is 1.27 bits per heavy atom. The third-order valence-electron chi connectivity index (χ3n) is 2.22. The second kappa shape index (κ2) is 4.37. The van der Waals surface area contributed by atoms with E-state index >= 15 is 0 Å². The normalized spacial score (nSPS) is 31.4. The molecule has 15 heavy (non-hydrogen) atoms. The number of amides is 1. The number of carbonyl (C=O) groups is 1. The zero-order valence-corrected chi connectivity index (χ0v) is 9.36. The van der Waals surface area contributed by atoms with Crippen molar-refractivity contribution in [2.75, 3.05) is 0 Å². The highest BCUT2D eigenvalue weighted by Crippen LogP contribution is 2.20. The van der Waals surface area contributed by atoms with E-state index in [-0.39, 0.29) is 6.04 Å². The van der Waals surface area contributed by atoms with Crippen LogP contribution in [0.15, 0.2) is 0 Å². The second-order valence-corrected chi connectivity index (χ2v) is 4.95. The SMILES string of the molecule is CC(C)(C)OC(=O)NC1CC(O)C(O)C1. The molecule has 1 amide bonds. The Balaban J connectivity index is 2.34. The summed E-state index contributed by atoms with van der Waals surface area (Å²) in [6.07, 6.45) is -1.25. The van der Waals surface area contributed by atoms with Crippen molar-refractivity contribution in [1.82, 2.24) is 5.32 Å². The molecule has 0 spiro atoms. The Morgan fingerprint density at radius 2 is 1.73 bits per heavy atom. The van der Waals surface area contributed by atoms with Crippen molar-refractivity contribution in [2.24, 2.45) is 0 Å². The van der Waals surface area contributed by atoms with E-state index in [9.17, 15) is 15.0 Å². The first-order valence-electron chi connectivity index (χ1n) is 5.13. The molecule has 2 atom stereocenters. The van der Waals surface area contributed by atoms with Gasteiger partial charge in [0, 0.05) is 6.04 Å². The van der Waals surface area contributed by atoms with Crippen LogP contribution < -0.4 is 5.32 Å². The first-order chi connectivity index (χ1) is 6.78. The Bertz CT molecular complexity index is 226. The van der Waals surface area contributed by atoms with Crippen LogP contribution >= 0.6 is 0 Å². The lowest BCUT2D eigenvalue weighted by molar-refractivity contribution is 0.0438. The molecule has 0 heterocycles. The molecule has 1 aliphatic carbocycles. The fourth-order valence-corrected chi connectivity index (χ4v) is 1.59. The highest BCUT2D eigenvalue weighted by molar-refractivity contribution is 5.68. The zero-order chi connectivity index (χ0) is 11.6. The summed E-state index contributed by atoms with van der Waals surface area (Å²) in [5, 5.41) is 21.2. The van der Waals surface area contributed by atoms with Crippen LogP contribution in [0, 0.1) is 0 Å². The number of alkyl carbamates (subject to hydrolysis) is 1. The van der Waals surface area contributed by atoms with Crippen molar-refractivity contribution >= 4 is 6.09 Å². The number of nitrogens with one attached hydrogen (secondary N) is 1. The molecule has 0 aromatic rings. The third-order valence-corrected chi connectivity index (χ3v) is 2.22. The minimum Gasteiger partial charge on any atom is -0.444 e. The maximum absolute atomic E-state index is 11.3. The fraction of sp³-hybridized carbons (Fsp3) is 0.900. The van der Waals surface area contributed by atoms with Gasteiger partial charge < -0.3 is 20.3 Å². The van der Waals surface area contributed by atoms with Crippen molar-refractivity contribution in [2.45, 2.75) is 57.5 Å². The van der Waals surface area contributed by atoms with Gasteiger partial charge in [0.05, 0.1) is 12.2 Å². The van der Waals surface area contributed by atoms with Crippen LogP contribution in [0.1, 0.15) is 33.6 Å². The lowest BCUT2D eigenvalue weighted by Gasteiger charge is -2.21. The van der Waals surface area contributed by atoms with E-state index in [1.54, 1.807) is 20.8 Å². The van der Waals surface area contributed by atoms with Gasteiger partial charge in [0.15, 0.2) is 0 Å². The lowest BCUT2D eigenvalue weighted by atomic mass is 10.2. The summed E-state index contributed by atoms with van der Waals surface area (Å²) >= 11 is 0. The topological polar surface area (TPSA) is 78.8 Å². The third kappa shape index (κ3) is 4.05. The Hall–Kier alpha value is -0.810. The molecule has 1 fully saturated rings. The minimum absolute atomic E-state index is 0.204. The quantitative estimate of drug-likeness (QED) is 0.594. The predicted octanol–water partition coefficient (Wildman–Crippen LogP) is 0.395. The van der Waals surface area contributed by atoms with Gasteiger partial charge in [0.2, 0.25) is 0 Å². The average Bonchev–Trinajstić information content (AvgIpc) is 2.26. The maximum Gasteiger partial charge on any atom is 0.407 e. The van der Waals surface area contributed by atoms with Crippen LogP contribution in [-0.4, -0.2) is 40.2 Å². The van der Waals surface area contributed by atoms with Crippen LogP contribution in [0.2, 0.25) is 0 Å². The van der Waals surface area contributed by atoms with Gasteiger partial charge in [-0.2, -0.15) is 0 Å². The van der Waals surface area contributed by atoms with Gasteiger partial charge in [0.25, 0.3) is 0 Å². The summed E-state index contributed by atoms with van der Waals surface area (Å²) in [5.41, 5.74) is -0.528. The average molecular weight is 217 g/mol. The molecule has 1 saturated carbocycles. The van der Waals surface area contributed by atoms with Gasteiger partial charge >= 0.3 is 6.09 Å². The van der Waals surface area contributed by atoms with Gasteiger partial charge in [-0.3, -0.25) is 0 Å². The minimum atomic E-state index is -0.745. The zero-order valence-electron chi connectivity index (χ0n) is 9.36. The lowest BCUT2D eigenvalue weighted by Crippen LogP contribution is -2.38. The number of hydrogen-bond donors (Lipinski definition) is 3. The molecule has 0 saturated heterocycles. The summed E-state index contributed by atoms with van der Waals surface area (Å²) in [6.45, 7) is 5.35. The second-order valence-electron chi connectivity index (χ2n) is 4.95. The van der Waals surface area contributed by atoms with Crippen molar-refractivity contribution in [3.8, 4) is 0 Å². The Kier molecular flexibility index (Phi) is 3.57. The van der Waals surface area contributed by atoms with Gasteiger partial charge in [0.1, 0.15) is 5.60 Å². The molecular weight excluding hydrogens is 198 g/mol. The maximum atomic E-state index is 11.3. The molecule has 5 nitrogen and oxygen atoms in total. The van der Waals surface area contributed by atoms with Crippen LogP contribution in [0.25, 0.3) is 0 Å². The molecule has 0 bridgehead atoms. The van der Waals surface area contributed by atoms with Crippen molar-refractivity contribution < 1.29 is 19.7 Å². The summed E-state index contributed by atoms with van der Waals surface area (Å²) in [6, 6.07) is -0.204. The van der Waals surface area contributed by atoms with Crippen molar-refractivity contribution in [1.29, 1.82) is 0 Å². The van der Waals surface area contributed by atoms with E-state index in [0.29, 0.717) is 12.8 Å². The summed E-state index contributed by atoms with van der Waals surface area (Å²) in [7, 11) is 0. The molecule has 1 rings (SSSR count). The van der Waals surface area contributed by atoms with Crippen molar-refractivity contribution in [3.63, 3.8) is 0 Å². The van der Waals surface area contributed by atoms with Crippen LogP contribution in [0.3, 0.4) is 0 Å². The number of rotatable bonds is 1. The van der Waals surface area contributed by atoms with Gasteiger partial charge in [-0.25, -0.2) is 4.79 Å². The highest BCUT2D eigenvalue weighted by atomic mass is 16.6. The molecule has 2 unspecified atom stereocenters. The monoisotopic (exact) mass is 217 g/mol. The standard InChI is InChI=1S/C10H19NO4/c1-10(2,3)15-9(14)11-6-4-7(12)8(13)5-6/h6-8,12-13H,4-5H2,1-3H3,(H,11,14). The molecule has 0 aromatic heterocycles. The number of ether oxygens (including phenoxy) is 1. The fourth-order valence-electron chi connectivity index (χ4n) is 1.59. The van der Waals surface area contributed by atoms with E-state index in [1.165, 1.54) is 0 Å². The number of carbonyl (C=O) groups excluding carboxylic acids is 1. The van der Waals surface area contributed by atoms with Crippen LogP contribution in [-0.2, 0) is 4.74 Å². The number of aliphatic hydroxyl groups excluding tert-OH is 2. The van der Waals surface area contributed by atoms with Crippen molar-refractivity contribution in [3.05, 3.63) is 0 Å². The summed E-state index contributed by atoms with van der Waals surface area (Å²) < 4.78 is 5.06. The van der Waals surface area contributed by atoms with E-state index in [2.05, 4.69) is 5.32 Å². The van der Waals surface area contributed by atoms with Crippen LogP contribution in [0.5, 0.6) is 0 Å².